The number of amides is 1. The van der Waals surface area contributed by atoms with E-state index < -0.39 is 0 Å². The Morgan fingerprint density at radius 2 is 1.94 bits per heavy atom. The van der Waals surface area contributed by atoms with E-state index in [4.69, 9.17) is 5.73 Å². The number of nitrogens with two attached hydrogens (primary N) is 1. The SMILES string of the molecule is CC(C)CN(C(=O)c1cccc(N)c1)C(C)C. The summed E-state index contributed by atoms with van der Waals surface area (Å²) < 4.78 is 0. The summed E-state index contributed by atoms with van der Waals surface area (Å²) in [5.74, 6) is 0.517. The molecule has 0 spiro atoms. The van der Waals surface area contributed by atoms with Crippen LogP contribution in [0.1, 0.15) is 38.1 Å². The number of rotatable bonds is 4. The molecule has 1 rings (SSSR count). The number of nitrogen functional groups attached to an aromatic ring is 1. The van der Waals surface area contributed by atoms with Gasteiger partial charge in [0, 0.05) is 23.8 Å². The predicted octanol–water partition coefficient (Wildman–Crippen LogP) is 2.78. The van der Waals surface area contributed by atoms with Gasteiger partial charge in [0.05, 0.1) is 0 Å². The highest BCUT2D eigenvalue weighted by Crippen LogP contribution is 2.13. The van der Waals surface area contributed by atoms with Crippen LogP contribution in [0.2, 0.25) is 0 Å². The van der Waals surface area contributed by atoms with Crippen molar-refractivity contribution in [2.75, 3.05) is 12.3 Å². The van der Waals surface area contributed by atoms with Gasteiger partial charge >= 0.3 is 0 Å². The molecule has 0 heterocycles. The van der Waals surface area contributed by atoms with Gasteiger partial charge in [-0.05, 0) is 38.0 Å². The van der Waals surface area contributed by atoms with Gasteiger partial charge in [-0.3, -0.25) is 4.79 Å². The van der Waals surface area contributed by atoms with Crippen molar-refractivity contribution in [3.63, 3.8) is 0 Å². The molecule has 0 atom stereocenters. The molecule has 0 bridgehead atoms. The minimum absolute atomic E-state index is 0.0565. The summed E-state index contributed by atoms with van der Waals surface area (Å²) in [7, 11) is 0. The van der Waals surface area contributed by atoms with Crippen LogP contribution in [0.5, 0.6) is 0 Å². The standard InChI is InChI=1S/C14H22N2O/c1-10(2)9-16(11(3)4)14(17)12-6-5-7-13(15)8-12/h5-8,10-11H,9,15H2,1-4H3. The van der Waals surface area contributed by atoms with Gasteiger partial charge in [-0.15, -0.1) is 0 Å². The lowest BCUT2D eigenvalue weighted by Crippen LogP contribution is -2.39. The van der Waals surface area contributed by atoms with E-state index in [0.717, 1.165) is 6.54 Å². The van der Waals surface area contributed by atoms with E-state index in [9.17, 15) is 4.79 Å². The third-order valence-corrected chi connectivity index (χ3v) is 2.58. The molecular weight excluding hydrogens is 212 g/mol. The average molecular weight is 234 g/mol. The van der Waals surface area contributed by atoms with Crippen molar-refractivity contribution in [1.82, 2.24) is 4.90 Å². The molecule has 0 radical (unpaired) electrons. The molecule has 0 aliphatic heterocycles. The third-order valence-electron chi connectivity index (χ3n) is 2.58. The molecule has 0 unspecified atom stereocenters. The number of anilines is 1. The van der Waals surface area contributed by atoms with Crippen LogP contribution in [0.3, 0.4) is 0 Å². The zero-order chi connectivity index (χ0) is 13.0. The summed E-state index contributed by atoms with van der Waals surface area (Å²) in [4.78, 5) is 14.2. The lowest BCUT2D eigenvalue weighted by Gasteiger charge is -2.28. The zero-order valence-corrected chi connectivity index (χ0v) is 11.1. The Kier molecular flexibility index (Phi) is 4.55. The maximum Gasteiger partial charge on any atom is 0.254 e. The summed E-state index contributed by atoms with van der Waals surface area (Å²) in [6.07, 6.45) is 0. The molecule has 0 aliphatic rings. The van der Waals surface area contributed by atoms with E-state index in [1.807, 2.05) is 30.9 Å². The monoisotopic (exact) mass is 234 g/mol. The van der Waals surface area contributed by atoms with Crippen LogP contribution in [0.4, 0.5) is 5.69 Å². The highest BCUT2D eigenvalue weighted by molar-refractivity contribution is 5.95. The van der Waals surface area contributed by atoms with Gasteiger partial charge in [-0.1, -0.05) is 19.9 Å². The third kappa shape index (κ3) is 3.77. The second kappa shape index (κ2) is 5.71. The Bertz CT molecular complexity index is 386. The molecule has 2 N–H and O–H groups in total. The highest BCUT2D eigenvalue weighted by atomic mass is 16.2. The molecule has 0 saturated heterocycles. The molecule has 0 aromatic heterocycles. The lowest BCUT2D eigenvalue weighted by atomic mass is 10.1. The number of carbonyl (C=O) groups excluding carboxylic acids is 1. The summed E-state index contributed by atoms with van der Waals surface area (Å²) in [6, 6.07) is 7.35. The Morgan fingerprint density at radius 1 is 1.29 bits per heavy atom. The largest absolute Gasteiger partial charge is 0.399 e. The smallest absolute Gasteiger partial charge is 0.254 e. The van der Waals surface area contributed by atoms with Crippen molar-refractivity contribution in [3.05, 3.63) is 29.8 Å². The molecule has 3 nitrogen and oxygen atoms in total. The fraction of sp³-hybridized carbons (Fsp3) is 0.500. The van der Waals surface area contributed by atoms with Gasteiger partial charge in [0.1, 0.15) is 0 Å². The second-order valence-electron chi connectivity index (χ2n) is 5.07. The Morgan fingerprint density at radius 3 is 2.41 bits per heavy atom. The van der Waals surface area contributed by atoms with Crippen molar-refractivity contribution in [1.29, 1.82) is 0 Å². The van der Waals surface area contributed by atoms with E-state index >= 15 is 0 Å². The molecule has 0 fully saturated rings. The Balaban J connectivity index is 2.92. The first-order valence-electron chi connectivity index (χ1n) is 6.08. The van der Waals surface area contributed by atoms with E-state index in [1.54, 1.807) is 12.1 Å². The second-order valence-corrected chi connectivity index (χ2v) is 5.07. The quantitative estimate of drug-likeness (QED) is 0.814. The van der Waals surface area contributed by atoms with Gasteiger partial charge < -0.3 is 10.6 Å². The van der Waals surface area contributed by atoms with Gasteiger partial charge in [-0.2, -0.15) is 0 Å². The van der Waals surface area contributed by atoms with Crippen LogP contribution in [0, 0.1) is 5.92 Å². The number of nitrogens with zero attached hydrogens (tertiary/aromatic N) is 1. The molecule has 0 saturated carbocycles. The lowest BCUT2D eigenvalue weighted by molar-refractivity contribution is 0.0682. The Hall–Kier alpha value is -1.51. The summed E-state index contributed by atoms with van der Waals surface area (Å²) in [5, 5.41) is 0. The first-order chi connectivity index (χ1) is 7.91. The molecule has 94 valence electrons. The number of carbonyl (C=O) groups is 1. The number of benzene rings is 1. The van der Waals surface area contributed by atoms with Gasteiger partial charge in [0.15, 0.2) is 0 Å². The van der Waals surface area contributed by atoms with Crippen LogP contribution in [-0.4, -0.2) is 23.4 Å². The van der Waals surface area contributed by atoms with E-state index in [-0.39, 0.29) is 11.9 Å². The molecule has 1 aromatic rings. The van der Waals surface area contributed by atoms with Crippen molar-refractivity contribution in [2.24, 2.45) is 5.92 Å². The minimum atomic E-state index is 0.0565. The van der Waals surface area contributed by atoms with E-state index in [1.165, 1.54) is 0 Å². The minimum Gasteiger partial charge on any atom is -0.399 e. The fourth-order valence-corrected chi connectivity index (χ4v) is 1.76. The number of hydrogen-bond donors (Lipinski definition) is 1. The van der Waals surface area contributed by atoms with E-state index in [2.05, 4.69) is 13.8 Å². The van der Waals surface area contributed by atoms with E-state index in [0.29, 0.717) is 17.2 Å². The molecule has 0 aliphatic carbocycles. The topological polar surface area (TPSA) is 46.3 Å². The fourth-order valence-electron chi connectivity index (χ4n) is 1.76. The van der Waals surface area contributed by atoms with Crippen LogP contribution in [0.15, 0.2) is 24.3 Å². The normalized spacial score (nSPS) is 10.9. The first-order valence-corrected chi connectivity index (χ1v) is 6.08. The van der Waals surface area contributed by atoms with Crippen molar-refractivity contribution in [2.45, 2.75) is 33.7 Å². The molecule has 3 heteroatoms. The summed E-state index contributed by atoms with van der Waals surface area (Å²) >= 11 is 0. The number of hydrogen-bond acceptors (Lipinski definition) is 2. The summed E-state index contributed by atoms with van der Waals surface area (Å²) in [5.41, 5.74) is 7.00. The molecule has 17 heavy (non-hydrogen) atoms. The predicted molar refractivity (Wildman–Crippen MR) is 71.9 cm³/mol. The van der Waals surface area contributed by atoms with Crippen LogP contribution >= 0.6 is 0 Å². The van der Waals surface area contributed by atoms with Crippen LogP contribution in [-0.2, 0) is 0 Å². The first kappa shape index (κ1) is 13.6. The Labute approximate surface area is 104 Å². The molecule has 1 amide bonds. The maximum absolute atomic E-state index is 12.3. The highest BCUT2D eigenvalue weighted by Gasteiger charge is 2.19. The zero-order valence-electron chi connectivity index (χ0n) is 11.1. The molecule has 1 aromatic carbocycles. The van der Waals surface area contributed by atoms with Crippen molar-refractivity contribution >= 4 is 11.6 Å². The van der Waals surface area contributed by atoms with Crippen molar-refractivity contribution in [3.8, 4) is 0 Å². The molecular formula is C14H22N2O. The van der Waals surface area contributed by atoms with Gasteiger partial charge in [-0.25, -0.2) is 0 Å². The average Bonchev–Trinajstić information content (AvgIpc) is 2.24. The van der Waals surface area contributed by atoms with Gasteiger partial charge in [0.25, 0.3) is 5.91 Å². The summed E-state index contributed by atoms with van der Waals surface area (Å²) in [6.45, 7) is 9.06. The van der Waals surface area contributed by atoms with Crippen LogP contribution in [0.25, 0.3) is 0 Å². The van der Waals surface area contributed by atoms with Crippen LogP contribution < -0.4 is 5.73 Å². The van der Waals surface area contributed by atoms with Crippen molar-refractivity contribution < 1.29 is 4.79 Å². The maximum atomic E-state index is 12.3. The van der Waals surface area contributed by atoms with Gasteiger partial charge in [0.2, 0.25) is 0 Å².